The van der Waals surface area contributed by atoms with E-state index in [0.29, 0.717) is 32.0 Å². The van der Waals surface area contributed by atoms with E-state index < -0.39 is 0 Å². The van der Waals surface area contributed by atoms with E-state index in [2.05, 4.69) is 15.5 Å². The zero-order valence-corrected chi connectivity index (χ0v) is 19.2. The predicted octanol–water partition coefficient (Wildman–Crippen LogP) is 6.73. The molecule has 0 fully saturated rings. The molecule has 0 aliphatic heterocycles. The third-order valence-electron chi connectivity index (χ3n) is 4.44. The van der Waals surface area contributed by atoms with Crippen LogP contribution in [0.15, 0.2) is 46.8 Å². The minimum Gasteiger partial charge on any atom is -0.296 e. The van der Waals surface area contributed by atoms with Crippen LogP contribution in [0.1, 0.15) is 22.8 Å². The van der Waals surface area contributed by atoms with Crippen LogP contribution in [0.25, 0.3) is 22.2 Å². The lowest BCUT2D eigenvalue weighted by Crippen LogP contribution is -2.15. The quantitative estimate of drug-likeness (QED) is 0.256. The van der Waals surface area contributed by atoms with Gasteiger partial charge in [-0.25, -0.2) is 4.98 Å². The van der Waals surface area contributed by atoms with Crippen LogP contribution < -0.4 is 5.32 Å². The summed E-state index contributed by atoms with van der Waals surface area (Å²) in [6.45, 7) is 3.91. The van der Waals surface area contributed by atoms with Gasteiger partial charge in [-0.3, -0.25) is 10.1 Å². The van der Waals surface area contributed by atoms with Crippen LogP contribution in [0.2, 0.25) is 10.0 Å². The minimum absolute atomic E-state index is 0.262. The van der Waals surface area contributed by atoms with Gasteiger partial charge in [0.05, 0.1) is 21.8 Å². The molecule has 30 heavy (non-hydrogen) atoms. The van der Waals surface area contributed by atoms with E-state index in [1.54, 1.807) is 23.9 Å². The third kappa shape index (κ3) is 4.16. The number of benzene rings is 2. The molecule has 0 atom stereocenters. The summed E-state index contributed by atoms with van der Waals surface area (Å²) < 4.78 is 0.817. The van der Waals surface area contributed by atoms with Crippen LogP contribution in [0, 0.1) is 6.92 Å². The molecule has 5 nitrogen and oxygen atoms in total. The molecule has 0 saturated heterocycles. The zero-order chi connectivity index (χ0) is 21.3. The molecule has 0 saturated carbocycles. The Bertz CT molecular complexity index is 1260. The van der Waals surface area contributed by atoms with Crippen molar-refractivity contribution in [1.82, 2.24) is 15.2 Å². The molecule has 2 aromatic heterocycles. The molecule has 152 valence electrons. The molecule has 4 rings (SSSR count). The fraction of sp³-hybridized carbons (Fsp3) is 0.143. The Morgan fingerprint density at radius 1 is 1.17 bits per heavy atom. The number of hydrogen-bond acceptors (Lipinski definition) is 6. The molecule has 9 heteroatoms. The van der Waals surface area contributed by atoms with Crippen LogP contribution in [-0.4, -0.2) is 26.8 Å². The van der Waals surface area contributed by atoms with Crippen LogP contribution >= 0.6 is 46.3 Å². The summed E-state index contributed by atoms with van der Waals surface area (Å²) in [7, 11) is 0. The monoisotopic (exact) mass is 474 g/mol. The summed E-state index contributed by atoms with van der Waals surface area (Å²) in [5, 5.41) is 13.3. The predicted molar refractivity (Wildman–Crippen MR) is 126 cm³/mol. The Morgan fingerprint density at radius 2 is 1.97 bits per heavy atom. The van der Waals surface area contributed by atoms with Crippen molar-refractivity contribution >= 4 is 68.2 Å². The molecule has 0 aliphatic rings. The smallest absolute Gasteiger partial charge is 0.258 e. The van der Waals surface area contributed by atoms with Crippen LogP contribution in [-0.2, 0) is 0 Å². The third-order valence-corrected chi connectivity index (χ3v) is 6.85. The number of anilines is 1. The van der Waals surface area contributed by atoms with E-state index in [1.165, 1.54) is 11.3 Å². The molecular weight excluding hydrogens is 459 g/mol. The van der Waals surface area contributed by atoms with E-state index in [0.717, 1.165) is 26.6 Å². The van der Waals surface area contributed by atoms with Gasteiger partial charge in [-0.05, 0) is 42.5 Å². The van der Waals surface area contributed by atoms with Crippen LogP contribution in [0.3, 0.4) is 0 Å². The van der Waals surface area contributed by atoms with E-state index in [4.69, 9.17) is 28.2 Å². The summed E-state index contributed by atoms with van der Waals surface area (Å²) in [5.74, 6) is 0.628. The SMILES string of the molecule is CCSc1nnc(NC(=O)c2c(C)c(-c3ccc(Cl)cc3Cl)nc3ccccc23)s1. The van der Waals surface area contributed by atoms with Gasteiger partial charge in [0.2, 0.25) is 5.13 Å². The second-order valence-electron chi connectivity index (χ2n) is 6.36. The van der Waals surface area contributed by atoms with Crippen molar-refractivity contribution in [1.29, 1.82) is 0 Å². The molecule has 4 aromatic rings. The first-order valence-corrected chi connectivity index (χ1v) is 11.7. The molecule has 0 spiro atoms. The maximum absolute atomic E-state index is 13.3. The number of aromatic nitrogens is 3. The molecule has 0 radical (unpaired) electrons. The molecule has 1 amide bonds. The zero-order valence-electron chi connectivity index (χ0n) is 16.1. The summed E-state index contributed by atoms with van der Waals surface area (Å²) in [5.41, 5.74) is 3.31. The fourth-order valence-electron chi connectivity index (χ4n) is 3.15. The number of fused-ring (bicyclic) bond motifs is 1. The number of pyridine rings is 1. The van der Waals surface area contributed by atoms with Gasteiger partial charge >= 0.3 is 0 Å². The highest BCUT2D eigenvalue weighted by Crippen LogP contribution is 2.35. The number of rotatable bonds is 5. The normalized spacial score (nSPS) is 11.1. The van der Waals surface area contributed by atoms with Crippen LogP contribution in [0.4, 0.5) is 5.13 Å². The number of para-hydroxylation sites is 1. The largest absolute Gasteiger partial charge is 0.296 e. The van der Waals surface area contributed by atoms with Gasteiger partial charge in [0.25, 0.3) is 5.91 Å². The number of nitrogens with one attached hydrogen (secondary N) is 1. The van der Waals surface area contributed by atoms with Crippen molar-refractivity contribution in [2.24, 2.45) is 0 Å². The second-order valence-corrected chi connectivity index (χ2v) is 9.69. The van der Waals surface area contributed by atoms with Crippen molar-refractivity contribution in [3.63, 3.8) is 0 Å². The summed E-state index contributed by atoms with van der Waals surface area (Å²) in [6.07, 6.45) is 0. The van der Waals surface area contributed by atoms with Crippen molar-refractivity contribution in [3.05, 3.63) is 63.6 Å². The topological polar surface area (TPSA) is 67.8 Å². The van der Waals surface area contributed by atoms with Gasteiger partial charge in [-0.15, -0.1) is 10.2 Å². The number of thioether (sulfide) groups is 1. The van der Waals surface area contributed by atoms with Crippen molar-refractivity contribution < 1.29 is 4.79 Å². The number of nitrogens with zero attached hydrogens (tertiary/aromatic N) is 3. The van der Waals surface area contributed by atoms with Gasteiger partial charge in [-0.1, -0.05) is 71.4 Å². The summed E-state index contributed by atoms with van der Waals surface area (Å²) >= 11 is 15.4. The number of amides is 1. The highest BCUT2D eigenvalue weighted by atomic mass is 35.5. The lowest BCUT2D eigenvalue weighted by molar-refractivity contribution is 0.102. The molecule has 0 unspecified atom stereocenters. The minimum atomic E-state index is -0.262. The van der Waals surface area contributed by atoms with Gasteiger partial charge in [0.15, 0.2) is 4.34 Å². The standard InChI is InChI=1S/C21H16Cl2N4OS2/c1-3-29-21-27-26-20(30-21)25-19(28)17-11(2)18(13-9-8-12(22)10-15(13)23)24-16-7-5-4-6-14(16)17/h4-10H,3H2,1-2H3,(H,25,26,28). The molecular formula is C21H16Cl2N4OS2. The molecule has 0 aliphatic carbocycles. The Labute approximate surface area is 191 Å². The van der Waals surface area contributed by atoms with Gasteiger partial charge in [0.1, 0.15) is 0 Å². The van der Waals surface area contributed by atoms with Gasteiger partial charge in [0, 0.05) is 16.0 Å². The lowest BCUT2D eigenvalue weighted by Gasteiger charge is -2.15. The number of carbonyl (C=O) groups is 1. The first kappa shape index (κ1) is 21.1. The van der Waals surface area contributed by atoms with E-state index in [-0.39, 0.29) is 5.91 Å². The summed E-state index contributed by atoms with van der Waals surface area (Å²) in [6, 6.07) is 12.8. The molecule has 2 heterocycles. The second kappa shape index (κ2) is 8.89. The van der Waals surface area contributed by atoms with Crippen LogP contribution in [0.5, 0.6) is 0 Å². The van der Waals surface area contributed by atoms with E-state index in [9.17, 15) is 4.79 Å². The Kier molecular flexibility index (Phi) is 6.24. The first-order valence-electron chi connectivity index (χ1n) is 9.10. The average molecular weight is 475 g/mol. The Hall–Kier alpha value is -2.19. The lowest BCUT2D eigenvalue weighted by atomic mass is 9.97. The van der Waals surface area contributed by atoms with Crippen molar-refractivity contribution in [2.75, 3.05) is 11.1 Å². The molecule has 1 N–H and O–H groups in total. The average Bonchev–Trinajstić information content (AvgIpc) is 3.15. The maximum atomic E-state index is 13.3. The molecule has 2 aromatic carbocycles. The van der Waals surface area contributed by atoms with Gasteiger partial charge in [-0.2, -0.15) is 0 Å². The Morgan fingerprint density at radius 3 is 2.73 bits per heavy atom. The number of hydrogen-bond donors (Lipinski definition) is 1. The van der Waals surface area contributed by atoms with Gasteiger partial charge < -0.3 is 0 Å². The highest BCUT2D eigenvalue weighted by Gasteiger charge is 2.21. The fourth-order valence-corrected chi connectivity index (χ4v) is 5.29. The number of halogens is 2. The van der Waals surface area contributed by atoms with Crippen molar-refractivity contribution in [3.8, 4) is 11.3 Å². The Balaban J connectivity index is 1.83. The van der Waals surface area contributed by atoms with E-state index >= 15 is 0 Å². The maximum Gasteiger partial charge on any atom is 0.258 e. The molecule has 0 bridgehead atoms. The first-order chi connectivity index (χ1) is 14.5. The number of carbonyl (C=O) groups excluding carboxylic acids is 1. The van der Waals surface area contributed by atoms with E-state index in [1.807, 2.05) is 44.2 Å². The van der Waals surface area contributed by atoms with Crippen molar-refractivity contribution in [2.45, 2.75) is 18.2 Å². The summed E-state index contributed by atoms with van der Waals surface area (Å²) in [4.78, 5) is 18.1. The highest BCUT2D eigenvalue weighted by molar-refractivity contribution is 8.01.